The molecule has 0 unspecified atom stereocenters. The molecule has 4 rings (SSSR count). The fourth-order valence-corrected chi connectivity index (χ4v) is 3.71. The molecule has 1 aromatic heterocycles. The molecule has 1 amide bonds. The largest absolute Gasteiger partial charge is 0.507 e. The van der Waals surface area contributed by atoms with Gasteiger partial charge in [-0.2, -0.15) is 0 Å². The third-order valence-corrected chi connectivity index (χ3v) is 5.43. The van der Waals surface area contributed by atoms with Crippen LogP contribution in [0.25, 0.3) is 22.6 Å². The Kier molecular flexibility index (Phi) is 6.65. The molecule has 1 heterocycles. The molecule has 0 saturated carbocycles. The standard InChI is InChI=1S/C25H23N3O5S/c1-4-14-8-11-19-17(12-14)27-24(33-19)16-10-9-15(13-18(16)29)26-25(34)28-23(30)22-20(31-2)6-5-7-21(22)32-3/h5-13,29H,4H2,1-3H3,(H2,26,28,30,34). The number of fused-ring (bicyclic) bond motifs is 1. The van der Waals surface area contributed by atoms with Gasteiger partial charge in [-0.1, -0.05) is 19.1 Å². The summed E-state index contributed by atoms with van der Waals surface area (Å²) in [6.07, 6.45) is 0.893. The molecule has 3 aromatic carbocycles. The number of hydrogen-bond donors (Lipinski definition) is 3. The van der Waals surface area contributed by atoms with E-state index in [1.165, 1.54) is 20.3 Å². The lowest BCUT2D eigenvalue weighted by Gasteiger charge is -2.14. The number of carbonyl (C=O) groups excluding carboxylic acids is 1. The van der Waals surface area contributed by atoms with Crippen molar-refractivity contribution in [3.8, 4) is 28.7 Å². The number of methoxy groups -OCH3 is 2. The van der Waals surface area contributed by atoms with Crippen LogP contribution in [0.3, 0.4) is 0 Å². The summed E-state index contributed by atoms with van der Waals surface area (Å²) in [7, 11) is 2.93. The van der Waals surface area contributed by atoms with Crippen LogP contribution in [0.5, 0.6) is 17.2 Å². The molecule has 0 aliphatic rings. The Morgan fingerprint density at radius 1 is 1.09 bits per heavy atom. The molecule has 174 valence electrons. The number of ether oxygens (including phenoxy) is 2. The zero-order valence-electron chi connectivity index (χ0n) is 18.8. The highest BCUT2D eigenvalue weighted by atomic mass is 32.1. The van der Waals surface area contributed by atoms with Crippen LogP contribution in [0.15, 0.2) is 59.0 Å². The van der Waals surface area contributed by atoms with Gasteiger partial charge < -0.3 is 24.3 Å². The van der Waals surface area contributed by atoms with E-state index in [2.05, 4.69) is 22.5 Å². The van der Waals surface area contributed by atoms with Gasteiger partial charge in [-0.3, -0.25) is 10.1 Å². The molecule has 3 N–H and O–H groups in total. The van der Waals surface area contributed by atoms with Gasteiger partial charge in [0, 0.05) is 11.8 Å². The van der Waals surface area contributed by atoms with Crippen molar-refractivity contribution >= 4 is 40.0 Å². The van der Waals surface area contributed by atoms with Crippen LogP contribution in [0.1, 0.15) is 22.8 Å². The Balaban J connectivity index is 1.50. The maximum absolute atomic E-state index is 12.8. The highest BCUT2D eigenvalue weighted by Gasteiger charge is 2.19. The monoisotopic (exact) mass is 477 g/mol. The number of amides is 1. The number of hydrogen-bond acceptors (Lipinski definition) is 7. The number of nitrogens with one attached hydrogen (secondary N) is 2. The Hall–Kier alpha value is -4.11. The van der Waals surface area contributed by atoms with Crippen LogP contribution in [-0.2, 0) is 6.42 Å². The van der Waals surface area contributed by atoms with Gasteiger partial charge in [0.2, 0.25) is 5.89 Å². The second-order valence-corrected chi connectivity index (χ2v) is 7.76. The van der Waals surface area contributed by atoms with E-state index in [9.17, 15) is 9.90 Å². The van der Waals surface area contributed by atoms with E-state index in [4.69, 9.17) is 26.1 Å². The molecule has 0 atom stereocenters. The van der Waals surface area contributed by atoms with Crippen LogP contribution in [0, 0.1) is 0 Å². The van der Waals surface area contributed by atoms with Crippen molar-refractivity contribution in [1.82, 2.24) is 10.3 Å². The number of thiocarbonyl (C=S) groups is 1. The SMILES string of the molecule is CCc1ccc2oc(-c3ccc(NC(=S)NC(=O)c4c(OC)cccc4OC)cc3O)nc2c1. The first kappa shape index (κ1) is 23.1. The molecule has 0 aliphatic carbocycles. The van der Waals surface area contributed by atoms with Gasteiger partial charge in [0.05, 0.1) is 19.8 Å². The molecule has 0 fully saturated rings. The number of phenols is 1. The molecular formula is C25H23N3O5S. The van der Waals surface area contributed by atoms with Gasteiger partial charge in [-0.25, -0.2) is 4.98 Å². The zero-order chi connectivity index (χ0) is 24.2. The Morgan fingerprint density at radius 2 is 1.82 bits per heavy atom. The first-order chi connectivity index (χ1) is 16.4. The molecule has 0 spiro atoms. The van der Waals surface area contributed by atoms with Gasteiger partial charge >= 0.3 is 0 Å². The van der Waals surface area contributed by atoms with E-state index in [1.807, 2.05) is 18.2 Å². The van der Waals surface area contributed by atoms with Gasteiger partial charge in [-0.05, 0) is 60.6 Å². The average Bonchev–Trinajstić information content (AvgIpc) is 3.26. The topological polar surface area (TPSA) is 106 Å². The average molecular weight is 478 g/mol. The van der Waals surface area contributed by atoms with Crippen molar-refractivity contribution in [3.63, 3.8) is 0 Å². The Bertz CT molecular complexity index is 1360. The van der Waals surface area contributed by atoms with E-state index in [1.54, 1.807) is 30.3 Å². The highest BCUT2D eigenvalue weighted by molar-refractivity contribution is 7.80. The van der Waals surface area contributed by atoms with Gasteiger partial charge in [-0.15, -0.1) is 0 Å². The summed E-state index contributed by atoms with van der Waals surface area (Å²) in [5.41, 5.74) is 3.65. The molecule has 0 saturated heterocycles. The molecule has 8 nitrogen and oxygen atoms in total. The lowest BCUT2D eigenvalue weighted by Crippen LogP contribution is -2.34. The second-order valence-electron chi connectivity index (χ2n) is 7.35. The predicted molar refractivity (Wildman–Crippen MR) is 134 cm³/mol. The van der Waals surface area contributed by atoms with E-state index < -0.39 is 5.91 Å². The number of benzene rings is 3. The van der Waals surface area contributed by atoms with E-state index in [-0.39, 0.29) is 16.4 Å². The van der Waals surface area contributed by atoms with Crippen LogP contribution in [-0.4, -0.2) is 35.3 Å². The summed E-state index contributed by atoms with van der Waals surface area (Å²) in [5.74, 6) is 0.474. The van der Waals surface area contributed by atoms with Crippen LogP contribution >= 0.6 is 12.2 Å². The summed E-state index contributed by atoms with van der Waals surface area (Å²) in [6.45, 7) is 2.07. The zero-order valence-corrected chi connectivity index (χ0v) is 19.7. The number of nitrogens with zero attached hydrogens (tertiary/aromatic N) is 1. The number of aromatic nitrogens is 1. The third-order valence-electron chi connectivity index (χ3n) is 5.23. The van der Waals surface area contributed by atoms with E-state index >= 15 is 0 Å². The summed E-state index contributed by atoms with van der Waals surface area (Å²) >= 11 is 5.27. The minimum absolute atomic E-state index is 0.0408. The number of aryl methyl sites for hydroxylation is 1. The number of oxazole rings is 1. The number of phenolic OH excluding ortho intramolecular Hbond substituents is 1. The molecular weight excluding hydrogens is 454 g/mol. The lowest BCUT2D eigenvalue weighted by atomic mass is 10.1. The molecule has 0 radical (unpaired) electrons. The van der Waals surface area contributed by atoms with Gasteiger partial charge in [0.15, 0.2) is 10.7 Å². The van der Waals surface area contributed by atoms with Crippen LogP contribution in [0.4, 0.5) is 5.69 Å². The molecule has 0 bridgehead atoms. The van der Waals surface area contributed by atoms with Crippen molar-refractivity contribution in [2.45, 2.75) is 13.3 Å². The molecule has 4 aromatic rings. The first-order valence-corrected chi connectivity index (χ1v) is 10.9. The minimum atomic E-state index is -0.495. The van der Waals surface area contributed by atoms with Crippen molar-refractivity contribution in [3.05, 3.63) is 65.7 Å². The van der Waals surface area contributed by atoms with Gasteiger partial charge in [0.1, 0.15) is 28.3 Å². The van der Waals surface area contributed by atoms with Gasteiger partial charge in [0.25, 0.3) is 5.91 Å². The van der Waals surface area contributed by atoms with E-state index in [0.29, 0.717) is 34.2 Å². The van der Waals surface area contributed by atoms with E-state index in [0.717, 1.165) is 17.5 Å². The van der Waals surface area contributed by atoms with Crippen molar-refractivity contribution in [2.75, 3.05) is 19.5 Å². The summed E-state index contributed by atoms with van der Waals surface area (Å²) in [5, 5.41) is 16.1. The molecule has 9 heteroatoms. The Labute approximate surface area is 201 Å². The van der Waals surface area contributed by atoms with Crippen LogP contribution < -0.4 is 20.1 Å². The Morgan fingerprint density at radius 3 is 2.47 bits per heavy atom. The molecule has 34 heavy (non-hydrogen) atoms. The maximum Gasteiger partial charge on any atom is 0.264 e. The number of anilines is 1. The summed E-state index contributed by atoms with van der Waals surface area (Å²) in [4.78, 5) is 17.3. The van der Waals surface area contributed by atoms with Crippen molar-refractivity contribution in [2.24, 2.45) is 0 Å². The number of rotatable bonds is 6. The fourth-order valence-electron chi connectivity index (χ4n) is 3.50. The summed E-state index contributed by atoms with van der Waals surface area (Å²) < 4.78 is 16.3. The normalized spacial score (nSPS) is 10.7. The summed E-state index contributed by atoms with van der Waals surface area (Å²) in [6, 6.07) is 15.7. The van der Waals surface area contributed by atoms with Crippen LogP contribution in [0.2, 0.25) is 0 Å². The second kappa shape index (κ2) is 9.80. The number of carbonyl (C=O) groups is 1. The highest BCUT2D eigenvalue weighted by Crippen LogP contribution is 2.33. The lowest BCUT2D eigenvalue weighted by molar-refractivity contribution is 0.0971. The van der Waals surface area contributed by atoms with Crippen molar-refractivity contribution < 1.29 is 23.8 Å². The molecule has 0 aliphatic heterocycles. The third kappa shape index (κ3) is 4.65. The fraction of sp³-hybridized carbons (Fsp3) is 0.160. The predicted octanol–water partition coefficient (Wildman–Crippen LogP) is 4.91. The quantitative estimate of drug-likeness (QED) is 0.337. The smallest absolute Gasteiger partial charge is 0.264 e. The van der Waals surface area contributed by atoms with Crippen molar-refractivity contribution in [1.29, 1.82) is 0 Å². The first-order valence-electron chi connectivity index (χ1n) is 10.5. The number of aromatic hydroxyl groups is 1. The maximum atomic E-state index is 12.8. The minimum Gasteiger partial charge on any atom is -0.507 e.